The van der Waals surface area contributed by atoms with Crippen molar-refractivity contribution in [2.75, 3.05) is 0 Å². The quantitative estimate of drug-likeness (QED) is 0.689. The molecule has 0 bridgehead atoms. The standard InChI is InChI=1S/C11H15NO2/c1-11(2,3)14-10(13)8-5-4-6-9(12)7-8/h4-7H,12H2,1-3H3/p+1. The summed E-state index contributed by atoms with van der Waals surface area (Å²) in [6.07, 6.45) is 0. The lowest BCUT2D eigenvalue weighted by atomic mass is 10.1. The molecule has 0 saturated carbocycles. The number of rotatable bonds is 1. The average Bonchev–Trinajstić information content (AvgIpc) is 2.01. The van der Waals surface area contributed by atoms with Crippen LogP contribution in [-0.2, 0) is 4.74 Å². The summed E-state index contributed by atoms with van der Waals surface area (Å²) in [6.45, 7) is 5.54. The molecule has 0 heterocycles. The van der Waals surface area contributed by atoms with E-state index < -0.39 is 5.60 Å². The van der Waals surface area contributed by atoms with Gasteiger partial charge in [-0.15, -0.1) is 0 Å². The number of hydrogen-bond acceptors (Lipinski definition) is 2. The Morgan fingerprint density at radius 1 is 1.36 bits per heavy atom. The molecule has 1 rings (SSSR count). The molecule has 0 radical (unpaired) electrons. The molecule has 0 spiro atoms. The highest BCUT2D eigenvalue weighted by Crippen LogP contribution is 2.13. The number of quaternary nitrogens is 1. The summed E-state index contributed by atoms with van der Waals surface area (Å²) >= 11 is 0. The molecule has 3 nitrogen and oxygen atoms in total. The SMILES string of the molecule is CC(C)(C)OC(=O)c1cccc([NH3+])c1. The zero-order valence-electron chi connectivity index (χ0n) is 8.83. The fourth-order valence-corrected chi connectivity index (χ4v) is 1.04. The zero-order valence-corrected chi connectivity index (χ0v) is 8.83. The Balaban J connectivity index is 2.80. The summed E-state index contributed by atoms with van der Waals surface area (Å²) in [7, 11) is 0. The van der Waals surface area contributed by atoms with E-state index in [1.165, 1.54) is 0 Å². The minimum absolute atomic E-state index is 0.303. The maximum Gasteiger partial charge on any atom is 0.338 e. The topological polar surface area (TPSA) is 53.9 Å². The summed E-state index contributed by atoms with van der Waals surface area (Å²) in [5.74, 6) is -0.303. The maximum absolute atomic E-state index is 11.6. The second-order valence-corrected chi connectivity index (χ2v) is 4.20. The number of carbonyl (C=O) groups excluding carboxylic acids is 1. The average molecular weight is 194 g/mol. The van der Waals surface area contributed by atoms with E-state index in [2.05, 4.69) is 5.73 Å². The van der Waals surface area contributed by atoms with Gasteiger partial charge in [-0.1, -0.05) is 6.07 Å². The summed E-state index contributed by atoms with van der Waals surface area (Å²) < 4.78 is 5.21. The van der Waals surface area contributed by atoms with Gasteiger partial charge in [-0.05, 0) is 32.9 Å². The first kappa shape index (κ1) is 10.7. The van der Waals surface area contributed by atoms with Gasteiger partial charge in [-0.3, -0.25) is 0 Å². The van der Waals surface area contributed by atoms with Gasteiger partial charge in [0.25, 0.3) is 0 Å². The summed E-state index contributed by atoms with van der Waals surface area (Å²) in [5.41, 5.74) is 4.66. The Morgan fingerprint density at radius 3 is 2.50 bits per heavy atom. The lowest BCUT2D eigenvalue weighted by Crippen LogP contribution is -2.40. The van der Waals surface area contributed by atoms with E-state index in [9.17, 15) is 4.79 Å². The number of ether oxygens (including phenoxy) is 1. The first-order valence-electron chi connectivity index (χ1n) is 4.54. The van der Waals surface area contributed by atoms with E-state index >= 15 is 0 Å². The smallest absolute Gasteiger partial charge is 0.338 e. The van der Waals surface area contributed by atoms with E-state index in [1.54, 1.807) is 18.2 Å². The van der Waals surface area contributed by atoms with Crippen molar-refractivity contribution >= 4 is 11.7 Å². The van der Waals surface area contributed by atoms with Gasteiger partial charge in [0.15, 0.2) is 0 Å². The van der Waals surface area contributed by atoms with E-state index in [-0.39, 0.29) is 5.97 Å². The van der Waals surface area contributed by atoms with Crippen LogP contribution in [0, 0.1) is 0 Å². The molecule has 1 aromatic rings. The van der Waals surface area contributed by atoms with Crippen LogP contribution in [0.1, 0.15) is 31.1 Å². The molecule has 0 unspecified atom stereocenters. The van der Waals surface area contributed by atoms with Gasteiger partial charge in [-0.2, -0.15) is 0 Å². The largest absolute Gasteiger partial charge is 0.456 e. The van der Waals surface area contributed by atoms with Crippen LogP contribution in [0.5, 0.6) is 0 Å². The van der Waals surface area contributed by atoms with Gasteiger partial charge in [0.1, 0.15) is 11.3 Å². The van der Waals surface area contributed by atoms with Crippen LogP contribution in [0.3, 0.4) is 0 Å². The number of benzene rings is 1. The van der Waals surface area contributed by atoms with E-state index in [4.69, 9.17) is 4.74 Å². The van der Waals surface area contributed by atoms with E-state index in [0.717, 1.165) is 5.69 Å². The van der Waals surface area contributed by atoms with Crippen LogP contribution in [0.2, 0.25) is 0 Å². The molecule has 1 aromatic carbocycles. The molecular formula is C11H16NO2+. The first-order chi connectivity index (χ1) is 6.38. The van der Waals surface area contributed by atoms with Crippen molar-refractivity contribution in [1.82, 2.24) is 0 Å². The second kappa shape index (κ2) is 3.80. The Labute approximate surface area is 83.9 Å². The molecule has 76 valence electrons. The van der Waals surface area contributed by atoms with Crippen LogP contribution in [0.4, 0.5) is 5.69 Å². The van der Waals surface area contributed by atoms with E-state index in [0.29, 0.717) is 5.56 Å². The van der Waals surface area contributed by atoms with Crippen molar-refractivity contribution in [3.63, 3.8) is 0 Å². The maximum atomic E-state index is 11.6. The van der Waals surface area contributed by atoms with Crippen molar-refractivity contribution in [3.05, 3.63) is 29.8 Å². The third-order valence-electron chi connectivity index (χ3n) is 1.56. The van der Waals surface area contributed by atoms with Gasteiger partial charge in [0, 0.05) is 6.07 Å². The van der Waals surface area contributed by atoms with Crippen molar-refractivity contribution in [2.45, 2.75) is 26.4 Å². The molecule has 0 aliphatic heterocycles. The Kier molecular flexibility index (Phi) is 2.91. The van der Waals surface area contributed by atoms with Crippen LogP contribution >= 0.6 is 0 Å². The minimum atomic E-state index is -0.450. The molecule has 0 aromatic heterocycles. The number of hydrogen-bond donors (Lipinski definition) is 1. The van der Waals surface area contributed by atoms with Crippen molar-refractivity contribution in [3.8, 4) is 0 Å². The summed E-state index contributed by atoms with van der Waals surface area (Å²) in [6, 6.07) is 7.08. The normalized spacial score (nSPS) is 11.1. The molecule has 3 heteroatoms. The minimum Gasteiger partial charge on any atom is -0.456 e. The Bertz CT molecular complexity index is 339. The molecule has 0 aliphatic carbocycles. The molecule has 0 amide bonds. The number of carbonyl (C=O) groups is 1. The molecule has 14 heavy (non-hydrogen) atoms. The lowest BCUT2D eigenvalue weighted by molar-refractivity contribution is -0.254. The van der Waals surface area contributed by atoms with Crippen molar-refractivity contribution < 1.29 is 15.3 Å². The Morgan fingerprint density at radius 2 is 2.00 bits per heavy atom. The van der Waals surface area contributed by atoms with Crippen LogP contribution in [-0.4, -0.2) is 11.6 Å². The monoisotopic (exact) mass is 194 g/mol. The summed E-state index contributed by atoms with van der Waals surface area (Å²) in [4.78, 5) is 11.6. The fourth-order valence-electron chi connectivity index (χ4n) is 1.04. The second-order valence-electron chi connectivity index (χ2n) is 4.20. The molecule has 0 saturated heterocycles. The van der Waals surface area contributed by atoms with Crippen LogP contribution < -0.4 is 5.73 Å². The van der Waals surface area contributed by atoms with Gasteiger partial charge in [0.05, 0.1) is 5.56 Å². The molecular weight excluding hydrogens is 178 g/mol. The van der Waals surface area contributed by atoms with E-state index in [1.807, 2.05) is 26.8 Å². The van der Waals surface area contributed by atoms with Gasteiger partial charge in [-0.25, -0.2) is 4.79 Å². The third kappa shape index (κ3) is 3.18. The lowest BCUT2D eigenvalue weighted by Gasteiger charge is -2.19. The van der Waals surface area contributed by atoms with Gasteiger partial charge >= 0.3 is 5.97 Å². The van der Waals surface area contributed by atoms with Gasteiger partial charge in [0.2, 0.25) is 0 Å². The third-order valence-corrected chi connectivity index (χ3v) is 1.56. The predicted molar refractivity (Wildman–Crippen MR) is 54.2 cm³/mol. The van der Waals surface area contributed by atoms with Crippen molar-refractivity contribution in [1.29, 1.82) is 0 Å². The van der Waals surface area contributed by atoms with Gasteiger partial charge < -0.3 is 10.5 Å². The van der Waals surface area contributed by atoms with Crippen LogP contribution in [0.25, 0.3) is 0 Å². The van der Waals surface area contributed by atoms with Crippen molar-refractivity contribution in [2.24, 2.45) is 0 Å². The molecule has 3 N–H and O–H groups in total. The summed E-state index contributed by atoms with van der Waals surface area (Å²) in [5, 5.41) is 0. The highest BCUT2D eigenvalue weighted by Gasteiger charge is 2.17. The predicted octanol–water partition coefficient (Wildman–Crippen LogP) is 1.52. The highest BCUT2D eigenvalue weighted by atomic mass is 16.6. The van der Waals surface area contributed by atoms with Crippen LogP contribution in [0.15, 0.2) is 24.3 Å². The fraction of sp³-hybridized carbons (Fsp3) is 0.364. The molecule has 0 fully saturated rings. The highest BCUT2D eigenvalue weighted by molar-refractivity contribution is 5.90. The number of esters is 1. The molecule has 0 aliphatic rings. The zero-order chi connectivity index (χ0) is 10.8. The molecule has 0 atom stereocenters. The first-order valence-corrected chi connectivity index (χ1v) is 4.54. The Hall–Kier alpha value is -1.35.